The molecule has 2 N–H and O–H groups in total. The topological polar surface area (TPSA) is 120 Å². The molecule has 3 heterocycles. The van der Waals surface area contributed by atoms with Gasteiger partial charge in [0.25, 0.3) is 5.95 Å². The first kappa shape index (κ1) is 37.1. The fourth-order valence-electron chi connectivity index (χ4n) is 7.32. The van der Waals surface area contributed by atoms with Gasteiger partial charge in [-0.25, -0.2) is 9.79 Å². The summed E-state index contributed by atoms with van der Waals surface area (Å²) in [5.41, 5.74) is -0.428. The molecule has 2 aliphatic rings. The molecule has 2 saturated heterocycles. The minimum Gasteiger partial charge on any atom is -0.461 e. The number of carbonyl (C=O) groups excluding carboxylic acids is 1. The highest BCUT2D eigenvalue weighted by atomic mass is 16.5. The minimum atomic E-state index is -0.514. The molecule has 1 aromatic heterocycles. The van der Waals surface area contributed by atoms with E-state index in [9.17, 15) is 4.79 Å². The Hall–Kier alpha value is -2.33. The lowest BCUT2D eigenvalue weighted by Crippen LogP contribution is -2.60. The van der Waals surface area contributed by atoms with Gasteiger partial charge in [0, 0.05) is 47.8 Å². The zero-order valence-corrected chi connectivity index (χ0v) is 29.8. The van der Waals surface area contributed by atoms with Gasteiger partial charge in [-0.2, -0.15) is 9.97 Å². The van der Waals surface area contributed by atoms with Crippen molar-refractivity contribution >= 4 is 18.1 Å². The van der Waals surface area contributed by atoms with Crippen molar-refractivity contribution in [2.45, 2.75) is 187 Å². The molecule has 256 valence electrons. The van der Waals surface area contributed by atoms with Crippen molar-refractivity contribution < 1.29 is 19.0 Å². The van der Waals surface area contributed by atoms with Crippen LogP contribution < -0.4 is 20.1 Å². The maximum Gasteiger partial charge on any atom is 0.349 e. The number of hydrogen-bond donors (Lipinski definition) is 2. The number of ether oxygens (including phenoxy) is 3. The predicted octanol–water partition coefficient (Wildman–Crippen LogP) is 7.41. The third-order valence-electron chi connectivity index (χ3n) is 8.46. The van der Waals surface area contributed by atoms with Crippen LogP contribution in [0.3, 0.4) is 0 Å². The van der Waals surface area contributed by atoms with Gasteiger partial charge in [-0.05, 0) is 61.8 Å². The van der Waals surface area contributed by atoms with E-state index in [-0.39, 0.29) is 52.3 Å². The number of piperidine rings is 2. The molecule has 0 spiro atoms. The van der Waals surface area contributed by atoms with Crippen LogP contribution in [0.1, 0.15) is 152 Å². The number of hydrogen-bond acceptors (Lipinski definition) is 10. The molecule has 0 atom stereocenters. The van der Waals surface area contributed by atoms with Crippen molar-refractivity contribution in [1.82, 2.24) is 25.6 Å². The molecule has 0 radical (unpaired) electrons. The summed E-state index contributed by atoms with van der Waals surface area (Å²) < 4.78 is 18.1. The molecule has 0 aromatic carbocycles. The molecule has 0 aliphatic carbocycles. The second-order valence-corrected chi connectivity index (χ2v) is 15.9. The van der Waals surface area contributed by atoms with Crippen LogP contribution >= 0.6 is 0 Å². The summed E-state index contributed by atoms with van der Waals surface area (Å²) in [5.74, 6) is -0.453. The number of nitrogens with zero attached hydrogens (tertiary/aromatic N) is 4. The molecule has 10 heteroatoms. The Morgan fingerprint density at radius 1 is 0.689 bits per heavy atom. The molecular weight excluding hydrogens is 568 g/mol. The Kier molecular flexibility index (Phi) is 13.6. The Morgan fingerprint density at radius 2 is 1.09 bits per heavy atom. The van der Waals surface area contributed by atoms with Crippen LogP contribution in [-0.2, 0) is 9.53 Å². The van der Waals surface area contributed by atoms with Gasteiger partial charge >= 0.3 is 18.0 Å². The van der Waals surface area contributed by atoms with E-state index < -0.39 is 5.97 Å². The van der Waals surface area contributed by atoms with Gasteiger partial charge in [-0.1, -0.05) is 64.7 Å². The Balaban J connectivity index is 1.60. The maximum absolute atomic E-state index is 12.4. The lowest BCUT2D eigenvalue weighted by atomic mass is 9.81. The van der Waals surface area contributed by atoms with Crippen LogP contribution in [-0.4, -0.2) is 68.1 Å². The molecule has 0 unspecified atom stereocenters. The van der Waals surface area contributed by atoms with E-state index in [1.807, 2.05) is 0 Å². The molecule has 10 nitrogen and oxygen atoms in total. The molecular formula is C35H62N6O4. The van der Waals surface area contributed by atoms with Crippen molar-refractivity contribution in [3.05, 3.63) is 0 Å². The van der Waals surface area contributed by atoms with Crippen LogP contribution in [0.5, 0.6) is 12.0 Å². The summed E-state index contributed by atoms with van der Waals surface area (Å²) in [7, 11) is 0. The summed E-state index contributed by atoms with van der Waals surface area (Å²) in [6.07, 6.45) is 16.4. The Bertz CT molecular complexity index is 1010. The molecule has 2 fully saturated rings. The van der Waals surface area contributed by atoms with Crippen molar-refractivity contribution in [2.75, 3.05) is 6.61 Å². The molecule has 3 rings (SSSR count). The summed E-state index contributed by atoms with van der Waals surface area (Å²) in [6, 6.07) is 0.300. The number of aliphatic imine (C=N–C) groups is 1. The third kappa shape index (κ3) is 14.3. The van der Waals surface area contributed by atoms with E-state index >= 15 is 0 Å². The van der Waals surface area contributed by atoms with Gasteiger partial charge in [0.1, 0.15) is 18.4 Å². The first-order valence-corrected chi connectivity index (χ1v) is 17.4. The molecule has 0 amide bonds. The number of rotatable bonds is 17. The van der Waals surface area contributed by atoms with Crippen LogP contribution in [0.15, 0.2) is 4.99 Å². The quantitative estimate of drug-likeness (QED) is 0.103. The van der Waals surface area contributed by atoms with Crippen LogP contribution in [0, 0.1) is 0 Å². The van der Waals surface area contributed by atoms with E-state index in [0.29, 0.717) is 6.61 Å². The summed E-state index contributed by atoms with van der Waals surface area (Å²) in [6.45, 7) is 20.0. The van der Waals surface area contributed by atoms with E-state index in [2.05, 4.69) is 92.9 Å². The largest absolute Gasteiger partial charge is 0.461 e. The summed E-state index contributed by atoms with van der Waals surface area (Å²) >= 11 is 0. The van der Waals surface area contributed by atoms with E-state index in [1.165, 1.54) is 51.4 Å². The van der Waals surface area contributed by atoms with Crippen LogP contribution in [0.4, 0.5) is 5.95 Å². The van der Waals surface area contributed by atoms with Crippen LogP contribution in [0.2, 0.25) is 0 Å². The highest BCUT2D eigenvalue weighted by Gasteiger charge is 2.40. The Labute approximate surface area is 272 Å². The number of unbranched alkanes of at least 4 members (excludes halogenated alkanes) is 9. The number of carbonyl (C=O) groups is 1. The van der Waals surface area contributed by atoms with Crippen molar-refractivity contribution in [2.24, 2.45) is 4.99 Å². The minimum absolute atomic E-state index is 0.0609. The SMILES string of the molecule is CCCCCCCCCCCCOC(=O)/C=N\c1nc(OC2CC(C)(C)NC(C)(C)C2)nc(OC2CC(C)(C)NC(C)(C)C2)n1. The lowest BCUT2D eigenvalue weighted by Gasteiger charge is -2.46. The van der Waals surface area contributed by atoms with E-state index in [0.717, 1.165) is 44.7 Å². The van der Waals surface area contributed by atoms with Gasteiger partial charge in [-0.15, -0.1) is 4.98 Å². The molecule has 45 heavy (non-hydrogen) atoms. The number of esters is 1. The zero-order valence-electron chi connectivity index (χ0n) is 29.8. The zero-order chi connectivity index (χ0) is 33.1. The summed E-state index contributed by atoms with van der Waals surface area (Å²) in [5, 5.41) is 7.35. The van der Waals surface area contributed by atoms with Gasteiger partial charge < -0.3 is 24.8 Å². The van der Waals surface area contributed by atoms with Gasteiger partial charge in [0.15, 0.2) is 0 Å². The standard InChI is InChI=1S/C35H62N6O4/c1-10-11-12-13-14-15-16-17-18-19-20-43-28(42)25-36-29-37-30(44-26-21-32(2,3)40-33(4,5)22-26)39-31(38-29)45-27-23-34(6,7)41-35(8,9)24-27/h25-27,40-41H,10-24H2,1-9H3/b36-25-. The van der Waals surface area contributed by atoms with Crippen molar-refractivity contribution in [1.29, 1.82) is 0 Å². The Morgan fingerprint density at radius 3 is 1.51 bits per heavy atom. The molecule has 2 aliphatic heterocycles. The average Bonchev–Trinajstić information content (AvgIpc) is 2.86. The van der Waals surface area contributed by atoms with Crippen molar-refractivity contribution in [3.63, 3.8) is 0 Å². The van der Waals surface area contributed by atoms with Gasteiger partial charge in [0.05, 0.1) is 6.61 Å². The molecule has 0 saturated carbocycles. The fraction of sp³-hybridized carbons (Fsp3) is 0.857. The predicted molar refractivity (Wildman–Crippen MR) is 181 cm³/mol. The smallest absolute Gasteiger partial charge is 0.349 e. The van der Waals surface area contributed by atoms with E-state index in [4.69, 9.17) is 14.2 Å². The second kappa shape index (κ2) is 16.5. The third-order valence-corrected chi connectivity index (χ3v) is 8.46. The highest BCUT2D eigenvalue weighted by Crippen LogP contribution is 2.33. The highest BCUT2D eigenvalue weighted by molar-refractivity contribution is 6.23. The first-order valence-electron chi connectivity index (χ1n) is 17.4. The first-order chi connectivity index (χ1) is 21.1. The lowest BCUT2D eigenvalue weighted by molar-refractivity contribution is -0.135. The monoisotopic (exact) mass is 630 g/mol. The van der Waals surface area contributed by atoms with Crippen molar-refractivity contribution in [3.8, 4) is 12.0 Å². The number of nitrogens with one attached hydrogen (secondary N) is 2. The molecule has 1 aromatic rings. The molecule has 0 bridgehead atoms. The summed E-state index contributed by atoms with van der Waals surface area (Å²) in [4.78, 5) is 30.1. The van der Waals surface area contributed by atoms with Gasteiger partial charge in [0.2, 0.25) is 0 Å². The second-order valence-electron chi connectivity index (χ2n) is 15.9. The van der Waals surface area contributed by atoms with Crippen LogP contribution in [0.25, 0.3) is 0 Å². The van der Waals surface area contributed by atoms with Gasteiger partial charge in [-0.3, -0.25) is 0 Å². The normalized spacial score (nSPS) is 21.1. The van der Waals surface area contributed by atoms with E-state index in [1.54, 1.807) is 0 Å². The maximum atomic E-state index is 12.4. The fourth-order valence-corrected chi connectivity index (χ4v) is 7.32. The average molecular weight is 631 g/mol. The number of aromatic nitrogens is 3.